The monoisotopic (exact) mass is 366 g/mol. The van der Waals surface area contributed by atoms with Crippen LogP contribution in [0.15, 0.2) is 41.9 Å². The molecule has 0 fully saturated rings. The first kappa shape index (κ1) is 16.9. The van der Waals surface area contributed by atoms with Crippen molar-refractivity contribution < 1.29 is 0 Å². The third-order valence-corrected chi connectivity index (χ3v) is 5.55. The van der Waals surface area contributed by atoms with Crippen molar-refractivity contribution in [2.45, 2.75) is 13.8 Å². The first-order chi connectivity index (χ1) is 12.8. The van der Waals surface area contributed by atoms with Crippen molar-refractivity contribution >= 4 is 33.0 Å². The van der Waals surface area contributed by atoms with Crippen LogP contribution in [0.2, 0.25) is 0 Å². The summed E-state index contributed by atoms with van der Waals surface area (Å²) in [6, 6.07) is 10.3. The molecule has 3 aromatic heterocycles. The molecule has 0 spiro atoms. The van der Waals surface area contributed by atoms with E-state index >= 15 is 0 Å². The van der Waals surface area contributed by atoms with Crippen LogP contribution in [0.5, 0.6) is 0 Å². The molecule has 4 rings (SSSR count). The zero-order valence-electron chi connectivity index (χ0n) is 15.0. The van der Waals surface area contributed by atoms with Crippen LogP contribution in [0, 0.1) is 0 Å². The van der Waals surface area contributed by atoms with E-state index in [4.69, 9.17) is 4.98 Å². The first-order valence-corrected chi connectivity index (χ1v) is 9.82. The number of hydrogen-bond acceptors (Lipinski definition) is 6. The number of fused-ring (bicyclic) bond motifs is 2. The lowest BCUT2D eigenvalue weighted by Crippen LogP contribution is -2.29. The topological polar surface area (TPSA) is 58.4 Å². The van der Waals surface area contributed by atoms with Gasteiger partial charge in [0.05, 0.1) is 6.20 Å². The van der Waals surface area contributed by atoms with Crippen LogP contribution in [0.4, 0.5) is 5.95 Å². The molecule has 6 nitrogen and oxygen atoms in total. The third-order valence-electron chi connectivity index (χ3n) is 4.58. The maximum absolute atomic E-state index is 4.78. The molecular formula is C19H22N6S. The second kappa shape index (κ2) is 7.39. The van der Waals surface area contributed by atoms with Gasteiger partial charge in [0.25, 0.3) is 0 Å². The minimum Gasteiger partial charge on any atom is -0.353 e. The van der Waals surface area contributed by atoms with E-state index < -0.39 is 0 Å². The molecule has 0 radical (unpaired) electrons. The molecule has 0 aliphatic rings. The summed E-state index contributed by atoms with van der Waals surface area (Å²) in [6.45, 7) is 8.24. The Balaban J connectivity index is 1.69. The molecule has 0 aliphatic heterocycles. The predicted octanol–water partition coefficient (Wildman–Crippen LogP) is 3.76. The zero-order valence-corrected chi connectivity index (χ0v) is 15.8. The van der Waals surface area contributed by atoms with Gasteiger partial charge in [-0.05, 0) is 19.2 Å². The highest BCUT2D eigenvalue weighted by atomic mass is 32.1. The maximum Gasteiger partial charge on any atom is 0.226 e. The Hall–Kier alpha value is -2.51. The molecule has 134 valence electrons. The van der Waals surface area contributed by atoms with Gasteiger partial charge in [-0.1, -0.05) is 32.0 Å². The summed E-state index contributed by atoms with van der Waals surface area (Å²) in [7, 11) is 0. The van der Waals surface area contributed by atoms with Crippen LogP contribution in [-0.4, -0.2) is 50.7 Å². The highest BCUT2D eigenvalue weighted by Gasteiger charge is 2.14. The molecule has 0 unspecified atom stereocenters. The van der Waals surface area contributed by atoms with E-state index in [1.54, 1.807) is 17.5 Å². The number of anilines is 1. The van der Waals surface area contributed by atoms with Crippen LogP contribution in [-0.2, 0) is 0 Å². The lowest BCUT2D eigenvalue weighted by atomic mass is 10.1. The minimum atomic E-state index is 0.649. The molecule has 1 N–H and O–H groups in total. The van der Waals surface area contributed by atoms with Gasteiger partial charge in [0.2, 0.25) is 5.95 Å². The van der Waals surface area contributed by atoms with Gasteiger partial charge < -0.3 is 10.2 Å². The standard InChI is InChI=1S/C19H22N6S/c1-3-24(4-2)12-11-20-19-22-17-9-10-21-25(17)18(23-19)15-13-26-16-8-6-5-7-14(15)16/h5-10,13H,3-4,11-12H2,1-2H3,(H,20,22). The number of nitrogens with zero attached hydrogens (tertiary/aromatic N) is 5. The van der Waals surface area contributed by atoms with Crippen molar-refractivity contribution in [2.24, 2.45) is 0 Å². The molecule has 0 saturated carbocycles. The van der Waals surface area contributed by atoms with Crippen molar-refractivity contribution in [1.82, 2.24) is 24.5 Å². The Morgan fingerprint density at radius 3 is 2.81 bits per heavy atom. The van der Waals surface area contributed by atoms with Crippen LogP contribution >= 0.6 is 11.3 Å². The number of benzene rings is 1. The fourth-order valence-electron chi connectivity index (χ4n) is 3.10. The van der Waals surface area contributed by atoms with E-state index in [1.807, 2.05) is 10.6 Å². The molecule has 0 bridgehead atoms. The van der Waals surface area contributed by atoms with Crippen molar-refractivity contribution in [2.75, 3.05) is 31.5 Å². The van der Waals surface area contributed by atoms with Gasteiger partial charge >= 0.3 is 0 Å². The molecule has 1 aromatic carbocycles. The molecule has 0 amide bonds. The lowest BCUT2D eigenvalue weighted by molar-refractivity contribution is 0.316. The number of nitrogens with one attached hydrogen (secondary N) is 1. The molecule has 0 saturated heterocycles. The van der Waals surface area contributed by atoms with E-state index in [0.29, 0.717) is 5.95 Å². The second-order valence-electron chi connectivity index (χ2n) is 6.07. The second-order valence-corrected chi connectivity index (χ2v) is 6.98. The van der Waals surface area contributed by atoms with Gasteiger partial charge in [-0.15, -0.1) is 11.3 Å². The summed E-state index contributed by atoms with van der Waals surface area (Å²) in [4.78, 5) is 11.8. The molecule has 26 heavy (non-hydrogen) atoms. The highest BCUT2D eigenvalue weighted by Crippen LogP contribution is 2.33. The Labute approximate surface area is 156 Å². The summed E-state index contributed by atoms with van der Waals surface area (Å²) in [5.41, 5.74) is 1.89. The van der Waals surface area contributed by atoms with Crippen molar-refractivity contribution in [3.8, 4) is 11.4 Å². The summed E-state index contributed by atoms with van der Waals surface area (Å²) in [6.07, 6.45) is 1.77. The van der Waals surface area contributed by atoms with Crippen molar-refractivity contribution in [3.05, 3.63) is 41.9 Å². The Morgan fingerprint density at radius 1 is 1.12 bits per heavy atom. The van der Waals surface area contributed by atoms with Gasteiger partial charge in [0, 0.05) is 40.2 Å². The third kappa shape index (κ3) is 3.15. The quantitative estimate of drug-likeness (QED) is 0.540. The SMILES string of the molecule is CCN(CC)CCNc1nc(-c2csc3ccccc23)n2nccc2n1. The van der Waals surface area contributed by atoms with E-state index in [2.05, 4.69) is 63.8 Å². The summed E-state index contributed by atoms with van der Waals surface area (Å²) in [5, 5.41) is 11.1. The molecule has 0 aliphatic carbocycles. The van der Waals surface area contributed by atoms with E-state index in [1.165, 1.54) is 10.1 Å². The van der Waals surface area contributed by atoms with Crippen LogP contribution in [0.3, 0.4) is 0 Å². The predicted molar refractivity (Wildman–Crippen MR) is 108 cm³/mol. The largest absolute Gasteiger partial charge is 0.353 e. The maximum atomic E-state index is 4.78. The average molecular weight is 366 g/mol. The van der Waals surface area contributed by atoms with Gasteiger partial charge in [-0.2, -0.15) is 19.6 Å². The summed E-state index contributed by atoms with van der Waals surface area (Å²) in [5.74, 6) is 1.47. The minimum absolute atomic E-state index is 0.649. The summed E-state index contributed by atoms with van der Waals surface area (Å²) < 4.78 is 3.06. The molecular weight excluding hydrogens is 344 g/mol. The van der Waals surface area contributed by atoms with E-state index in [0.717, 1.165) is 43.2 Å². The van der Waals surface area contributed by atoms with Gasteiger partial charge in [-0.3, -0.25) is 0 Å². The van der Waals surface area contributed by atoms with E-state index in [9.17, 15) is 0 Å². The van der Waals surface area contributed by atoms with Crippen LogP contribution in [0.1, 0.15) is 13.8 Å². The number of thiophene rings is 1. The Bertz CT molecular complexity index is 1020. The highest BCUT2D eigenvalue weighted by molar-refractivity contribution is 7.17. The average Bonchev–Trinajstić information content (AvgIpc) is 3.31. The normalized spacial score (nSPS) is 11.7. The van der Waals surface area contributed by atoms with Gasteiger partial charge in [0.1, 0.15) is 0 Å². The number of rotatable bonds is 7. The fourth-order valence-corrected chi connectivity index (χ4v) is 4.03. The van der Waals surface area contributed by atoms with Crippen molar-refractivity contribution in [3.63, 3.8) is 0 Å². The van der Waals surface area contributed by atoms with Crippen molar-refractivity contribution in [1.29, 1.82) is 0 Å². The van der Waals surface area contributed by atoms with Gasteiger partial charge in [0.15, 0.2) is 11.5 Å². The molecule has 7 heteroatoms. The zero-order chi connectivity index (χ0) is 17.9. The number of aromatic nitrogens is 4. The first-order valence-electron chi connectivity index (χ1n) is 8.94. The Kier molecular flexibility index (Phi) is 4.81. The number of hydrogen-bond donors (Lipinski definition) is 1. The summed E-state index contributed by atoms with van der Waals surface area (Å²) >= 11 is 1.72. The van der Waals surface area contributed by atoms with Crippen LogP contribution < -0.4 is 5.32 Å². The molecule has 4 aromatic rings. The van der Waals surface area contributed by atoms with E-state index in [-0.39, 0.29) is 0 Å². The fraction of sp³-hybridized carbons (Fsp3) is 0.316. The molecule has 3 heterocycles. The van der Waals surface area contributed by atoms with Gasteiger partial charge in [-0.25, -0.2) is 0 Å². The molecule has 0 atom stereocenters. The van der Waals surface area contributed by atoms with Crippen LogP contribution in [0.25, 0.3) is 27.1 Å². The smallest absolute Gasteiger partial charge is 0.226 e. The lowest BCUT2D eigenvalue weighted by Gasteiger charge is -2.18. The Morgan fingerprint density at radius 2 is 1.96 bits per heavy atom. The number of likely N-dealkylation sites (N-methyl/N-ethyl adjacent to an activating group) is 1.